The number of carboxylic acids is 1. The highest BCUT2D eigenvalue weighted by atomic mass is 16.5. The van der Waals surface area contributed by atoms with Gasteiger partial charge >= 0.3 is 12.1 Å². The van der Waals surface area contributed by atoms with Crippen LogP contribution in [0, 0.1) is 11.3 Å². The third kappa shape index (κ3) is 4.09. The predicted octanol–water partition coefficient (Wildman–Crippen LogP) is 3.49. The van der Waals surface area contributed by atoms with Crippen LogP contribution in [0.2, 0.25) is 0 Å². The Kier molecular flexibility index (Phi) is 5.63. The standard InChI is InChI=1S/C24H19N3O4/c25-13-15-6-5-11-26-21(15)12-22(23(28)29)27-24(30)31-14-20-18-9-3-1-7-16(18)17-8-2-4-10-19(17)20/h1-11,20,22H,12,14H2,(H,27,30)(H,28,29). The van der Waals surface area contributed by atoms with E-state index in [-0.39, 0.29) is 24.5 Å². The van der Waals surface area contributed by atoms with E-state index >= 15 is 0 Å². The molecule has 2 N–H and O–H groups in total. The summed E-state index contributed by atoms with van der Waals surface area (Å²) in [5.74, 6) is -1.36. The van der Waals surface area contributed by atoms with Crippen LogP contribution in [0.4, 0.5) is 4.79 Å². The summed E-state index contributed by atoms with van der Waals surface area (Å²) >= 11 is 0. The van der Waals surface area contributed by atoms with Crippen LogP contribution in [0.25, 0.3) is 11.1 Å². The second-order valence-electron chi connectivity index (χ2n) is 7.17. The molecule has 1 aliphatic rings. The van der Waals surface area contributed by atoms with Crippen LogP contribution < -0.4 is 5.32 Å². The average molecular weight is 413 g/mol. The van der Waals surface area contributed by atoms with Crippen molar-refractivity contribution in [1.82, 2.24) is 10.3 Å². The number of nitrogens with one attached hydrogen (secondary N) is 1. The number of carbonyl (C=O) groups is 2. The van der Waals surface area contributed by atoms with Gasteiger partial charge in [-0.3, -0.25) is 4.98 Å². The molecule has 4 rings (SSSR count). The predicted molar refractivity (Wildman–Crippen MR) is 112 cm³/mol. The molecular formula is C24H19N3O4. The summed E-state index contributed by atoms with van der Waals surface area (Å²) in [6.45, 7) is 0.0826. The lowest BCUT2D eigenvalue weighted by atomic mass is 9.98. The van der Waals surface area contributed by atoms with Gasteiger partial charge in [0.15, 0.2) is 0 Å². The second kappa shape index (κ2) is 8.67. The Morgan fingerprint density at radius 2 is 1.71 bits per heavy atom. The van der Waals surface area contributed by atoms with Crippen LogP contribution in [0.3, 0.4) is 0 Å². The molecule has 0 radical (unpaired) electrons. The lowest BCUT2D eigenvalue weighted by molar-refractivity contribution is -0.139. The molecule has 1 aliphatic carbocycles. The van der Waals surface area contributed by atoms with Crippen molar-refractivity contribution in [2.75, 3.05) is 6.61 Å². The van der Waals surface area contributed by atoms with Crippen molar-refractivity contribution in [1.29, 1.82) is 5.26 Å². The van der Waals surface area contributed by atoms with Crippen molar-refractivity contribution in [3.8, 4) is 17.2 Å². The lowest BCUT2D eigenvalue weighted by Gasteiger charge is -2.17. The summed E-state index contributed by atoms with van der Waals surface area (Å²) in [4.78, 5) is 28.1. The highest BCUT2D eigenvalue weighted by molar-refractivity contribution is 5.81. The number of nitriles is 1. The van der Waals surface area contributed by atoms with Gasteiger partial charge in [0.1, 0.15) is 18.7 Å². The first-order valence-corrected chi connectivity index (χ1v) is 9.76. The van der Waals surface area contributed by atoms with Crippen LogP contribution in [0.5, 0.6) is 0 Å². The minimum Gasteiger partial charge on any atom is -0.480 e. The van der Waals surface area contributed by atoms with Gasteiger partial charge in [0.25, 0.3) is 0 Å². The molecule has 7 nitrogen and oxygen atoms in total. The van der Waals surface area contributed by atoms with Crippen molar-refractivity contribution < 1.29 is 19.4 Å². The average Bonchev–Trinajstić information content (AvgIpc) is 3.11. The highest BCUT2D eigenvalue weighted by Crippen LogP contribution is 2.44. The van der Waals surface area contributed by atoms with E-state index in [0.29, 0.717) is 5.69 Å². The Morgan fingerprint density at radius 3 is 2.32 bits per heavy atom. The molecule has 0 bridgehead atoms. The molecule has 0 saturated heterocycles. The maximum absolute atomic E-state index is 12.4. The number of aliphatic carboxylic acids is 1. The number of pyridine rings is 1. The maximum Gasteiger partial charge on any atom is 0.407 e. The second-order valence-corrected chi connectivity index (χ2v) is 7.17. The fourth-order valence-electron chi connectivity index (χ4n) is 3.88. The molecule has 0 aliphatic heterocycles. The molecule has 3 aromatic rings. The Labute approximate surface area is 178 Å². The molecule has 1 heterocycles. The zero-order valence-corrected chi connectivity index (χ0v) is 16.5. The number of alkyl carbamates (subject to hydrolysis) is 1. The summed E-state index contributed by atoms with van der Waals surface area (Å²) < 4.78 is 5.42. The van der Waals surface area contributed by atoms with Gasteiger partial charge in [0.05, 0.1) is 11.3 Å². The Morgan fingerprint density at radius 1 is 1.06 bits per heavy atom. The number of fused-ring (bicyclic) bond motifs is 3. The first-order chi connectivity index (χ1) is 15.1. The number of aromatic nitrogens is 1. The van der Waals surface area contributed by atoms with Crippen molar-refractivity contribution in [2.45, 2.75) is 18.4 Å². The fourth-order valence-corrected chi connectivity index (χ4v) is 3.88. The van der Waals surface area contributed by atoms with Crippen LogP contribution in [-0.4, -0.2) is 34.8 Å². The zero-order chi connectivity index (χ0) is 21.8. The number of carbonyl (C=O) groups excluding carboxylic acids is 1. The molecule has 0 saturated carbocycles. The zero-order valence-electron chi connectivity index (χ0n) is 16.5. The molecule has 31 heavy (non-hydrogen) atoms. The van der Waals surface area contributed by atoms with Crippen molar-refractivity contribution >= 4 is 12.1 Å². The van der Waals surface area contributed by atoms with Gasteiger partial charge in [-0.15, -0.1) is 0 Å². The lowest BCUT2D eigenvalue weighted by Crippen LogP contribution is -2.43. The normalized spacial score (nSPS) is 12.9. The van der Waals surface area contributed by atoms with Gasteiger partial charge in [0, 0.05) is 18.5 Å². The van der Waals surface area contributed by atoms with E-state index in [4.69, 9.17) is 10.00 Å². The summed E-state index contributed by atoms with van der Waals surface area (Å²) in [7, 11) is 0. The molecule has 7 heteroatoms. The van der Waals surface area contributed by atoms with Crippen LogP contribution in [0.1, 0.15) is 28.3 Å². The first kappa shape index (κ1) is 20.1. The van der Waals surface area contributed by atoms with Crippen LogP contribution in [-0.2, 0) is 16.0 Å². The van der Waals surface area contributed by atoms with Gasteiger partial charge in [-0.1, -0.05) is 48.5 Å². The van der Waals surface area contributed by atoms with E-state index in [1.807, 2.05) is 54.6 Å². The monoisotopic (exact) mass is 413 g/mol. The van der Waals surface area contributed by atoms with E-state index < -0.39 is 18.1 Å². The number of hydrogen-bond acceptors (Lipinski definition) is 5. The SMILES string of the molecule is N#Cc1cccnc1CC(NC(=O)OCC1c2ccccc2-c2ccccc21)C(=O)O. The molecule has 0 spiro atoms. The van der Waals surface area contributed by atoms with Crippen molar-refractivity contribution in [2.24, 2.45) is 0 Å². The van der Waals surface area contributed by atoms with E-state index in [1.54, 1.807) is 12.1 Å². The Bertz CT molecular complexity index is 1140. The smallest absolute Gasteiger partial charge is 0.407 e. The molecule has 0 fully saturated rings. The Hall–Kier alpha value is -4.18. The fraction of sp³-hybridized carbons (Fsp3) is 0.167. The first-order valence-electron chi connectivity index (χ1n) is 9.76. The number of carboxylic acid groups (broad SMARTS) is 1. The molecule has 154 valence electrons. The summed E-state index contributed by atoms with van der Waals surface area (Å²) in [5, 5.41) is 21.1. The van der Waals surface area contributed by atoms with Gasteiger partial charge in [0.2, 0.25) is 0 Å². The highest BCUT2D eigenvalue weighted by Gasteiger charge is 2.30. The summed E-state index contributed by atoms with van der Waals surface area (Å²) in [6, 6.07) is 19.8. The van der Waals surface area contributed by atoms with Gasteiger partial charge in [-0.25, -0.2) is 9.59 Å². The van der Waals surface area contributed by atoms with E-state index in [0.717, 1.165) is 22.3 Å². The third-order valence-electron chi connectivity index (χ3n) is 5.34. The third-order valence-corrected chi connectivity index (χ3v) is 5.34. The van der Waals surface area contributed by atoms with Crippen LogP contribution in [0.15, 0.2) is 66.9 Å². The number of hydrogen-bond donors (Lipinski definition) is 2. The number of ether oxygens (including phenoxy) is 1. The van der Waals surface area contributed by atoms with Crippen LogP contribution >= 0.6 is 0 Å². The van der Waals surface area contributed by atoms with Crippen molar-refractivity contribution in [3.05, 3.63) is 89.2 Å². The minimum atomic E-state index is -1.27. The largest absolute Gasteiger partial charge is 0.480 e. The molecule has 2 aromatic carbocycles. The molecule has 1 atom stereocenters. The van der Waals surface area contributed by atoms with Gasteiger partial charge in [-0.05, 0) is 34.4 Å². The summed E-state index contributed by atoms with van der Waals surface area (Å²) in [5.41, 5.74) is 4.92. The maximum atomic E-state index is 12.4. The van der Waals surface area contributed by atoms with E-state index in [9.17, 15) is 14.7 Å². The van der Waals surface area contributed by atoms with Gasteiger partial charge < -0.3 is 15.2 Å². The quantitative estimate of drug-likeness (QED) is 0.640. The van der Waals surface area contributed by atoms with E-state index in [1.165, 1.54) is 6.20 Å². The topological polar surface area (TPSA) is 112 Å². The summed E-state index contributed by atoms with van der Waals surface area (Å²) in [6.07, 6.45) is 0.523. The number of amides is 1. The van der Waals surface area contributed by atoms with Crippen molar-refractivity contribution in [3.63, 3.8) is 0 Å². The van der Waals surface area contributed by atoms with E-state index in [2.05, 4.69) is 10.3 Å². The molecular weight excluding hydrogens is 394 g/mol. The number of benzene rings is 2. The molecule has 1 amide bonds. The minimum absolute atomic E-state index is 0.0826. The Balaban J connectivity index is 1.45. The molecule has 1 unspecified atom stereocenters. The van der Waals surface area contributed by atoms with Gasteiger partial charge in [-0.2, -0.15) is 5.26 Å². The molecule has 1 aromatic heterocycles. The number of nitrogens with zero attached hydrogens (tertiary/aromatic N) is 2. The number of rotatable bonds is 6.